The van der Waals surface area contributed by atoms with Crippen LogP contribution in [0.4, 0.5) is 0 Å². The average Bonchev–Trinajstić information content (AvgIpc) is 3.12. The molecule has 5 aromatic carbocycles. The van der Waals surface area contributed by atoms with Crippen LogP contribution in [-0.2, 0) is 50.1 Å². The highest BCUT2D eigenvalue weighted by Gasteiger charge is 2.49. The van der Waals surface area contributed by atoms with Gasteiger partial charge < -0.3 is 23.7 Å². The maximum Gasteiger partial charge on any atom is 0.137 e. The monoisotopic (exact) mass is 646 g/mol. The summed E-state index contributed by atoms with van der Waals surface area (Å²) >= 11 is 1.65. The quantitative estimate of drug-likeness (QED) is 0.113. The highest BCUT2D eigenvalue weighted by molar-refractivity contribution is 7.99. The fourth-order valence-electron chi connectivity index (χ4n) is 5.59. The van der Waals surface area contributed by atoms with Crippen LogP contribution in [-0.4, -0.2) is 36.5 Å². The van der Waals surface area contributed by atoms with Crippen molar-refractivity contribution in [3.63, 3.8) is 0 Å². The van der Waals surface area contributed by atoms with Gasteiger partial charge in [0.25, 0.3) is 0 Å². The van der Waals surface area contributed by atoms with Gasteiger partial charge in [-0.3, -0.25) is 0 Å². The summed E-state index contributed by atoms with van der Waals surface area (Å²) < 4.78 is 33.7. The zero-order valence-electron chi connectivity index (χ0n) is 26.7. The lowest BCUT2D eigenvalue weighted by Gasteiger charge is -2.46. The first-order chi connectivity index (χ1) is 23.2. The molecule has 6 rings (SSSR count). The minimum absolute atomic E-state index is 0.343. The molecular formula is C41H42O5S. The van der Waals surface area contributed by atoms with Crippen LogP contribution in [0.3, 0.4) is 0 Å². The third-order valence-corrected chi connectivity index (χ3v) is 9.27. The van der Waals surface area contributed by atoms with E-state index < -0.39 is 24.4 Å². The predicted octanol–water partition coefficient (Wildman–Crippen LogP) is 8.79. The third kappa shape index (κ3) is 9.88. The Morgan fingerprint density at radius 3 is 1.40 bits per heavy atom. The molecule has 1 aliphatic heterocycles. The predicted molar refractivity (Wildman–Crippen MR) is 187 cm³/mol. The van der Waals surface area contributed by atoms with Crippen molar-refractivity contribution in [1.29, 1.82) is 0 Å². The van der Waals surface area contributed by atoms with Crippen molar-refractivity contribution in [2.75, 3.05) is 6.61 Å². The highest BCUT2D eigenvalue weighted by atomic mass is 32.2. The van der Waals surface area contributed by atoms with Gasteiger partial charge in [-0.1, -0.05) is 151 Å². The largest absolute Gasteiger partial charge is 0.374 e. The van der Waals surface area contributed by atoms with Gasteiger partial charge in [-0.15, -0.1) is 0 Å². The summed E-state index contributed by atoms with van der Waals surface area (Å²) in [6.07, 6.45) is -1.73. The molecule has 1 aliphatic rings. The standard InChI is InChI=1S/C41H42O5S/c1-31-22-24-36(25-23-31)47-41-40(45-29-35-20-12-5-13-21-35)39(44-28-34-18-10-4-11-19-34)38(43-27-33-16-8-3-9-17-33)37(46-41)30-42-26-32-14-6-2-7-15-32/h2-25,37-41H,26-30H2,1H3/t37-,38-,39+,40-,41+/m1/s1. The van der Waals surface area contributed by atoms with E-state index in [1.807, 2.05) is 72.8 Å². The van der Waals surface area contributed by atoms with Gasteiger partial charge in [0.1, 0.15) is 29.9 Å². The van der Waals surface area contributed by atoms with Crippen LogP contribution in [0.1, 0.15) is 27.8 Å². The fourth-order valence-corrected chi connectivity index (χ4v) is 6.72. The molecule has 47 heavy (non-hydrogen) atoms. The van der Waals surface area contributed by atoms with Crippen LogP contribution in [0.15, 0.2) is 150 Å². The van der Waals surface area contributed by atoms with E-state index in [9.17, 15) is 0 Å². The minimum Gasteiger partial charge on any atom is -0.374 e. The van der Waals surface area contributed by atoms with Crippen molar-refractivity contribution in [3.8, 4) is 0 Å². The second-order valence-corrected chi connectivity index (χ2v) is 12.9. The van der Waals surface area contributed by atoms with Gasteiger partial charge in [0.2, 0.25) is 0 Å². The molecule has 0 radical (unpaired) electrons. The first-order valence-corrected chi connectivity index (χ1v) is 17.1. The van der Waals surface area contributed by atoms with Gasteiger partial charge in [-0.05, 0) is 41.3 Å². The van der Waals surface area contributed by atoms with Gasteiger partial charge in [-0.25, -0.2) is 0 Å². The van der Waals surface area contributed by atoms with E-state index in [1.54, 1.807) is 11.8 Å². The van der Waals surface area contributed by atoms with E-state index in [4.69, 9.17) is 23.7 Å². The third-order valence-electron chi connectivity index (χ3n) is 8.11. The van der Waals surface area contributed by atoms with E-state index in [-0.39, 0.29) is 5.44 Å². The van der Waals surface area contributed by atoms with E-state index in [2.05, 4.69) is 79.7 Å². The Morgan fingerprint density at radius 1 is 0.489 bits per heavy atom. The SMILES string of the molecule is Cc1ccc(S[C@@H]2O[C@H](COCc3ccccc3)[C@@H](OCc3ccccc3)[C@H](OCc3ccccc3)[C@H]2OCc2ccccc2)cc1. The van der Waals surface area contributed by atoms with Gasteiger partial charge >= 0.3 is 0 Å². The molecule has 5 atom stereocenters. The van der Waals surface area contributed by atoms with Crippen molar-refractivity contribution in [2.24, 2.45) is 0 Å². The summed E-state index contributed by atoms with van der Waals surface area (Å²) in [4.78, 5) is 1.10. The summed E-state index contributed by atoms with van der Waals surface area (Å²) in [5, 5.41) is 0. The molecule has 0 aromatic heterocycles. The van der Waals surface area contributed by atoms with Crippen LogP contribution in [0.2, 0.25) is 0 Å². The molecule has 0 spiro atoms. The lowest BCUT2D eigenvalue weighted by atomic mass is 9.98. The topological polar surface area (TPSA) is 46.2 Å². The molecule has 0 amide bonds. The number of hydrogen-bond donors (Lipinski definition) is 0. The summed E-state index contributed by atoms with van der Waals surface area (Å²) in [7, 11) is 0. The van der Waals surface area contributed by atoms with Crippen LogP contribution in [0, 0.1) is 6.92 Å². The summed E-state index contributed by atoms with van der Waals surface area (Å²) in [5.41, 5.74) is 5.20. The number of hydrogen-bond acceptors (Lipinski definition) is 6. The first-order valence-electron chi connectivity index (χ1n) is 16.2. The molecule has 1 saturated heterocycles. The summed E-state index contributed by atoms with van der Waals surface area (Å²) in [5.74, 6) is 0. The van der Waals surface area contributed by atoms with Crippen LogP contribution in [0.5, 0.6) is 0 Å². The Bertz CT molecular complexity index is 1590. The summed E-state index contributed by atoms with van der Waals surface area (Å²) in [6.45, 7) is 4.17. The second-order valence-electron chi connectivity index (χ2n) is 11.8. The van der Waals surface area contributed by atoms with Crippen LogP contribution >= 0.6 is 11.8 Å². The summed E-state index contributed by atoms with van der Waals surface area (Å²) in [6, 6.07) is 49.4. The molecule has 0 aliphatic carbocycles. The Labute approximate surface area is 282 Å². The molecule has 0 unspecified atom stereocenters. The smallest absolute Gasteiger partial charge is 0.137 e. The molecule has 242 valence electrons. The van der Waals surface area contributed by atoms with Crippen molar-refractivity contribution in [3.05, 3.63) is 173 Å². The number of thioether (sulfide) groups is 1. The minimum atomic E-state index is -0.453. The van der Waals surface area contributed by atoms with E-state index >= 15 is 0 Å². The highest BCUT2D eigenvalue weighted by Crippen LogP contribution is 2.38. The Hall–Kier alpha value is -3.75. The zero-order valence-corrected chi connectivity index (χ0v) is 27.5. The normalized spacial score (nSPS) is 21.0. The van der Waals surface area contributed by atoms with Gasteiger partial charge in [0, 0.05) is 4.90 Å². The maximum absolute atomic E-state index is 6.95. The molecular weight excluding hydrogens is 605 g/mol. The van der Waals surface area contributed by atoms with E-state index in [0.717, 1.165) is 27.1 Å². The molecule has 6 heteroatoms. The Kier molecular flexibility index (Phi) is 12.3. The molecule has 0 bridgehead atoms. The molecule has 5 nitrogen and oxygen atoms in total. The lowest BCUT2D eigenvalue weighted by Crippen LogP contribution is -2.60. The molecule has 1 heterocycles. The zero-order chi connectivity index (χ0) is 32.1. The van der Waals surface area contributed by atoms with E-state index in [0.29, 0.717) is 33.0 Å². The molecule has 0 saturated carbocycles. The van der Waals surface area contributed by atoms with Crippen LogP contribution in [0.25, 0.3) is 0 Å². The number of aryl methyl sites for hydroxylation is 1. The Balaban J connectivity index is 1.31. The maximum atomic E-state index is 6.95. The number of rotatable bonds is 15. The van der Waals surface area contributed by atoms with Gasteiger partial charge in [0.15, 0.2) is 0 Å². The first kappa shape index (κ1) is 33.2. The average molecular weight is 647 g/mol. The Morgan fingerprint density at radius 2 is 0.915 bits per heavy atom. The fraction of sp³-hybridized carbons (Fsp3) is 0.268. The number of benzene rings is 5. The van der Waals surface area contributed by atoms with Crippen molar-refractivity contribution >= 4 is 11.8 Å². The molecule has 0 N–H and O–H groups in total. The van der Waals surface area contributed by atoms with Crippen LogP contribution < -0.4 is 0 Å². The lowest BCUT2D eigenvalue weighted by molar-refractivity contribution is -0.254. The number of ether oxygens (including phenoxy) is 5. The van der Waals surface area contributed by atoms with Crippen molar-refractivity contribution in [2.45, 2.75) is 68.1 Å². The van der Waals surface area contributed by atoms with E-state index in [1.165, 1.54) is 5.56 Å². The van der Waals surface area contributed by atoms with Gasteiger partial charge in [-0.2, -0.15) is 0 Å². The molecule has 5 aromatic rings. The molecule has 1 fully saturated rings. The second kappa shape index (κ2) is 17.4. The van der Waals surface area contributed by atoms with Crippen molar-refractivity contribution in [1.82, 2.24) is 0 Å². The van der Waals surface area contributed by atoms with Gasteiger partial charge in [0.05, 0.1) is 33.0 Å². The van der Waals surface area contributed by atoms with Crippen molar-refractivity contribution < 1.29 is 23.7 Å².